The highest BCUT2D eigenvalue weighted by molar-refractivity contribution is 5.29. The predicted molar refractivity (Wildman–Crippen MR) is 79.8 cm³/mol. The minimum Gasteiger partial charge on any atom is -0.486 e. The Morgan fingerprint density at radius 2 is 2.10 bits per heavy atom. The largest absolute Gasteiger partial charge is 0.486 e. The average molecular weight is 278 g/mol. The molecule has 1 heterocycles. The molecule has 2 N–H and O–H groups in total. The number of ether oxygens (including phenoxy) is 1. The number of aliphatic hydroxyl groups excluding tert-OH is 1. The maximum atomic E-state index is 10.0. The van der Waals surface area contributed by atoms with Crippen molar-refractivity contribution in [1.29, 1.82) is 0 Å². The molecule has 0 spiro atoms. The molecule has 1 aliphatic rings. The lowest BCUT2D eigenvalue weighted by atomic mass is 9.95. The Kier molecular flexibility index (Phi) is 5.38. The number of rotatable bonds is 5. The molecule has 1 fully saturated rings. The molecule has 0 amide bonds. The first-order valence-electron chi connectivity index (χ1n) is 7.61. The average Bonchev–Trinajstić information content (AvgIpc) is 2.41. The summed E-state index contributed by atoms with van der Waals surface area (Å²) >= 11 is 0. The second-order valence-electron chi connectivity index (χ2n) is 5.94. The quantitative estimate of drug-likeness (QED) is 0.869. The van der Waals surface area contributed by atoms with Crippen molar-refractivity contribution < 1.29 is 9.84 Å². The number of hydrogen-bond donors (Lipinski definition) is 2. The van der Waals surface area contributed by atoms with E-state index in [-0.39, 0.29) is 12.2 Å². The van der Waals surface area contributed by atoms with Gasteiger partial charge in [0.25, 0.3) is 0 Å². The Morgan fingerprint density at radius 1 is 1.35 bits per heavy atom. The molecule has 0 bridgehead atoms. The van der Waals surface area contributed by atoms with Crippen LogP contribution >= 0.6 is 0 Å². The van der Waals surface area contributed by atoms with Crippen molar-refractivity contribution in [2.45, 2.75) is 71.2 Å². The number of aliphatic hydroxyl groups is 1. The molecule has 0 aliphatic heterocycles. The van der Waals surface area contributed by atoms with Gasteiger partial charge in [0.05, 0.1) is 11.8 Å². The minimum absolute atomic E-state index is 0.0916. The first-order valence-corrected chi connectivity index (χ1v) is 7.61. The fraction of sp³-hybridized carbons (Fsp3) is 0.688. The Bertz CT molecular complexity index is 434. The second kappa shape index (κ2) is 7.04. The van der Waals surface area contributed by atoms with Crippen LogP contribution in [0.1, 0.15) is 50.9 Å². The number of aryl methyl sites for hydroxylation is 1. The van der Waals surface area contributed by atoms with Crippen molar-refractivity contribution in [1.82, 2.24) is 10.3 Å². The summed E-state index contributed by atoms with van der Waals surface area (Å²) in [6.07, 6.45) is 3.53. The molecule has 0 radical (unpaired) electrons. The summed E-state index contributed by atoms with van der Waals surface area (Å²) in [5, 5.41) is 13.4. The predicted octanol–water partition coefficient (Wildman–Crippen LogP) is 2.57. The number of pyridine rings is 1. The van der Waals surface area contributed by atoms with Crippen molar-refractivity contribution >= 4 is 0 Å². The minimum atomic E-state index is -0.351. The van der Waals surface area contributed by atoms with Crippen LogP contribution in [-0.2, 0) is 6.54 Å². The Hall–Kier alpha value is -1.13. The zero-order valence-corrected chi connectivity index (χ0v) is 12.7. The third kappa shape index (κ3) is 4.18. The van der Waals surface area contributed by atoms with E-state index in [2.05, 4.69) is 24.1 Å². The van der Waals surface area contributed by atoms with Crippen molar-refractivity contribution in [2.75, 3.05) is 0 Å². The van der Waals surface area contributed by atoms with E-state index in [4.69, 9.17) is 4.74 Å². The lowest BCUT2D eigenvalue weighted by molar-refractivity contribution is 0.00610. The van der Waals surface area contributed by atoms with Gasteiger partial charge < -0.3 is 15.2 Å². The van der Waals surface area contributed by atoms with Gasteiger partial charge in [0, 0.05) is 18.3 Å². The van der Waals surface area contributed by atoms with Crippen molar-refractivity contribution in [3.05, 3.63) is 23.5 Å². The lowest BCUT2D eigenvalue weighted by Crippen LogP contribution is -2.35. The van der Waals surface area contributed by atoms with Crippen LogP contribution in [0.5, 0.6) is 5.75 Å². The molecule has 0 saturated heterocycles. The highest BCUT2D eigenvalue weighted by atomic mass is 16.5. The molecule has 1 saturated carbocycles. The van der Waals surface area contributed by atoms with Crippen LogP contribution in [0.3, 0.4) is 0 Å². The van der Waals surface area contributed by atoms with Crippen LogP contribution in [0, 0.1) is 6.92 Å². The number of nitrogens with one attached hydrogen (secondary N) is 1. The van der Waals surface area contributed by atoms with E-state index in [0.717, 1.165) is 42.8 Å². The van der Waals surface area contributed by atoms with E-state index in [0.29, 0.717) is 12.6 Å². The molecule has 0 aromatic carbocycles. The van der Waals surface area contributed by atoms with Crippen LogP contribution in [0.4, 0.5) is 0 Å². The standard InChI is InChI=1S/C16H26N2O2/c1-11(2)17-10-13-15(9-8-12(3)18-13)20-16-7-5-4-6-14(16)19/h8-9,11,14,16-17,19H,4-7,10H2,1-3H3. The number of hydrogen-bond acceptors (Lipinski definition) is 4. The third-order valence-electron chi connectivity index (χ3n) is 3.70. The highest BCUT2D eigenvalue weighted by Gasteiger charge is 2.25. The zero-order valence-electron chi connectivity index (χ0n) is 12.7. The van der Waals surface area contributed by atoms with E-state index in [1.807, 2.05) is 19.1 Å². The molecule has 4 nitrogen and oxygen atoms in total. The Morgan fingerprint density at radius 3 is 2.80 bits per heavy atom. The van der Waals surface area contributed by atoms with Gasteiger partial charge in [-0.2, -0.15) is 0 Å². The van der Waals surface area contributed by atoms with Crippen molar-refractivity contribution in [2.24, 2.45) is 0 Å². The summed E-state index contributed by atoms with van der Waals surface area (Å²) in [4.78, 5) is 4.57. The first kappa shape index (κ1) is 15.3. The third-order valence-corrected chi connectivity index (χ3v) is 3.70. The Balaban J connectivity index is 2.09. The topological polar surface area (TPSA) is 54.4 Å². The Labute approximate surface area is 121 Å². The van der Waals surface area contributed by atoms with Crippen molar-refractivity contribution in [3.8, 4) is 5.75 Å². The molecule has 2 atom stereocenters. The van der Waals surface area contributed by atoms with Gasteiger partial charge in [-0.1, -0.05) is 20.3 Å². The van der Waals surface area contributed by atoms with Gasteiger partial charge in [0.2, 0.25) is 0 Å². The van der Waals surface area contributed by atoms with Gasteiger partial charge in [-0.3, -0.25) is 4.98 Å². The summed E-state index contributed by atoms with van der Waals surface area (Å²) in [6.45, 7) is 6.90. The smallest absolute Gasteiger partial charge is 0.142 e. The van der Waals surface area contributed by atoms with Gasteiger partial charge in [-0.15, -0.1) is 0 Å². The second-order valence-corrected chi connectivity index (χ2v) is 5.94. The molecule has 1 aromatic heterocycles. The summed E-state index contributed by atoms with van der Waals surface area (Å²) in [6, 6.07) is 4.34. The molecule has 2 unspecified atom stereocenters. The van der Waals surface area contributed by atoms with Crippen LogP contribution in [0.15, 0.2) is 12.1 Å². The fourth-order valence-electron chi connectivity index (χ4n) is 2.51. The van der Waals surface area contributed by atoms with E-state index in [9.17, 15) is 5.11 Å². The molecular weight excluding hydrogens is 252 g/mol. The molecule has 1 aliphatic carbocycles. The van der Waals surface area contributed by atoms with Crippen LogP contribution in [0.2, 0.25) is 0 Å². The van der Waals surface area contributed by atoms with Gasteiger partial charge in [0.15, 0.2) is 0 Å². The number of nitrogens with zero attached hydrogens (tertiary/aromatic N) is 1. The van der Waals surface area contributed by atoms with Gasteiger partial charge >= 0.3 is 0 Å². The molecule has 2 rings (SSSR count). The van der Waals surface area contributed by atoms with E-state index in [1.165, 1.54) is 0 Å². The van der Waals surface area contributed by atoms with Gasteiger partial charge in [0.1, 0.15) is 11.9 Å². The van der Waals surface area contributed by atoms with E-state index < -0.39 is 0 Å². The van der Waals surface area contributed by atoms with E-state index in [1.54, 1.807) is 0 Å². The summed E-state index contributed by atoms with van der Waals surface area (Å²) in [5.74, 6) is 0.801. The maximum Gasteiger partial charge on any atom is 0.142 e. The molecule has 112 valence electrons. The van der Waals surface area contributed by atoms with Crippen LogP contribution in [-0.4, -0.2) is 28.3 Å². The summed E-state index contributed by atoms with van der Waals surface area (Å²) < 4.78 is 6.03. The maximum absolute atomic E-state index is 10.0. The molecule has 20 heavy (non-hydrogen) atoms. The normalized spacial score (nSPS) is 23.1. The fourth-order valence-corrected chi connectivity index (χ4v) is 2.51. The highest BCUT2D eigenvalue weighted by Crippen LogP contribution is 2.26. The number of aromatic nitrogens is 1. The monoisotopic (exact) mass is 278 g/mol. The van der Waals surface area contributed by atoms with Gasteiger partial charge in [-0.25, -0.2) is 0 Å². The molecule has 4 heteroatoms. The van der Waals surface area contributed by atoms with Crippen molar-refractivity contribution in [3.63, 3.8) is 0 Å². The van der Waals surface area contributed by atoms with Crippen LogP contribution < -0.4 is 10.1 Å². The lowest BCUT2D eigenvalue weighted by Gasteiger charge is -2.29. The summed E-state index contributed by atoms with van der Waals surface area (Å²) in [5.41, 5.74) is 1.92. The van der Waals surface area contributed by atoms with E-state index >= 15 is 0 Å². The zero-order chi connectivity index (χ0) is 14.5. The molecular formula is C16H26N2O2. The molecule has 1 aromatic rings. The first-order chi connectivity index (χ1) is 9.56. The SMILES string of the molecule is Cc1ccc(OC2CCCCC2O)c(CNC(C)C)n1. The van der Waals surface area contributed by atoms with Gasteiger partial charge in [-0.05, 0) is 38.3 Å². The summed E-state index contributed by atoms with van der Waals surface area (Å²) in [7, 11) is 0. The van der Waals surface area contributed by atoms with Crippen LogP contribution in [0.25, 0.3) is 0 Å².